The van der Waals surface area contributed by atoms with Crippen LogP contribution in [0.3, 0.4) is 0 Å². The zero-order valence-corrected chi connectivity index (χ0v) is 19.8. The Bertz CT molecular complexity index is 613. The van der Waals surface area contributed by atoms with Crippen molar-refractivity contribution in [1.82, 2.24) is 4.90 Å². The second-order valence-corrected chi connectivity index (χ2v) is 7.88. The van der Waals surface area contributed by atoms with Crippen molar-refractivity contribution < 1.29 is 33.6 Å². The van der Waals surface area contributed by atoms with Crippen LogP contribution in [0.1, 0.15) is 39.0 Å². The lowest BCUT2D eigenvalue weighted by Gasteiger charge is -2.30. The van der Waals surface area contributed by atoms with E-state index in [1.165, 1.54) is 10.5 Å². The van der Waals surface area contributed by atoms with Gasteiger partial charge in [0.2, 0.25) is 0 Å². The van der Waals surface area contributed by atoms with E-state index in [0.29, 0.717) is 65.3 Å². The molecule has 0 saturated carbocycles. The van der Waals surface area contributed by atoms with Gasteiger partial charge >= 0.3 is 12.2 Å². The van der Waals surface area contributed by atoms with Crippen molar-refractivity contribution >= 4 is 12.2 Å². The standard InChI is InChI=1S/C17H32N2O5.C6H9NO2/c18-8-10-22-12-14-24-15-13-23-11-9-19(17(20)21)16-6-4-2-1-3-5-7-16;1-4-2-5(4)3-9-6(7)8/h1-2,16H,3-15,18H2,(H,20,21);2,5H,3H2,1H3,(H2,7,8)/b2-1+;. The summed E-state index contributed by atoms with van der Waals surface area (Å²) >= 11 is 0. The molecule has 0 spiro atoms. The zero-order valence-electron chi connectivity index (χ0n) is 19.8. The molecule has 2 atom stereocenters. The number of amides is 2. The predicted octanol–water partition coefficient (Wildman–Crippen LogP) is 2.52. The average Bonchev–Trinajstić information content (AvgIpc) is 3.46. The number of carbonyl (C=O) groups is 2. The van der Waals surface area contributed by atoms with Crippen molar-refractivity contribution in [2.75, 3.05) is 59.3 Å². The van der Waals surface area contributed by atoms with E-state index in [0.717, 1.165) is 32.1 Å². The Hall–Kier alpha value is -2.14. The van der Waals surface area contributed by atoms with Gasteiger partial charge in [0.05, 0.1) is 39.6 Å². The molecule has 5 N–H and O–H groups in total. The number of nitrogens with two attached hydrogens (primary N) is 2. The molecule has 0 bridgehead atoms. The number of allylic oxidation sites excluding steroid dienone is 2. The summed E-state index contributed by atoms with van der Waals surface area (Å²) in [5.74, 6) is 0.373. The topological polar surface area (TPSA) is 147 Å². The van der Waals surface area contributed by atoms with Crippen LogP contribution in [0.5, 0.6) is 0 Å². The molecular weight excluding hydrogens is 430 g/mol. The van der Waals surface area contributed by atoms with Crippen molar-refractivity contribution in [2.45, 2.75) is 45.1 Å². The van der Waals surface area contributed by atoms with Crippen LogP contribution in [-0.4, -0.2) is 87.6 Å². The van der Waals surface area contributed by atoms with Crippen LogP contribution in [-0.2, 0) is 18.9 Å². The first-order valence-corrected chi connectivity index (χ1v) is 11.6. The van der Waals surface area contributed by atoms with Crippen LogP contribution in [0.25, 0.3) is 0 Å². The zero-order chi connectivity index (χ0) is 24.3. The van der Waals surface area contributed by atoms with Gasteiger partial charge in [-0.05, 0) is 39.0 Å². The summed E-state index contributed by atoms with van der Waals surface area (Å²) < 4.78 is 20.5. The highest BCUT2D eigenvalue weighted by Gasteiger charge is 2.22. The van der Waals surface area contributed by atoms with Crippen LogP contribution < -0.4 is 11.5 Å². The molecule has 2 amide bonds. The smallest absolute Gasteiger partial charge is 0.407 e. The summed E-state index contributed by atoms with van der Waals surface area (Å²) in [7, 11) is 0. The number of hydrogen-bond donors (Lipinski definition) is 3. The molecule has 10 nitrogen and oxygen atoms in total. The quantitative estimate of drug-likeness (QED) is 0.259. The van der Waals surface area contributed by atoms with Crippen molar-refractivity contribution in [2.24, 2.45) is 17.4 Å². The fraction of sp³-hybridized carbons (Fsp3) is 0.739. The molecule has 2 aliphatic carbocycles. The van der Waals surface area contributed by atoms with Crippen LogP contribution in [0.2, 0.25) is 0 Å². The number of nitrogens with zero attached hydrogens (tertiary/aromatic N) is 1. The molecule has 0 aromatic carbocycles. The SMILES string of the molecule is CC1=CC1COC(N)=O.NCCOCCOCCOCCN(C(=O)O)C1CC/C=C/CCC1. The summed E-state index contributed by atoms with van der Waals surface area (Å²) in [6.45, 7) is 6.25. The third kappa shape index (κ3) is 15.3. The van der Waals surface area contributed by atoms with Crippen molar-refractivity contribution in [3.63, 3.8) is 0 Å². The first-order chi connectivity index (χ1) is 16.0. The van der Waals surface area contributed by atoms with E-state index in [1.54, 1.807) is 0 Å². The van der Waals surface area contributed by atoms with Crippen molar-refractivity contribution in [3.8, 4) is 0 Å². The Morgan fingerprint density at radius 2 is 1.64 bits per heavy atom. The van der Waals surface area contributed by atoms with E-state index in [9.17, 15) is 14.7 Å². The first-order valence-electron chi connectivity index (χ1n) is 11.6. The van der Waals surface area contributed by atoms with E-state index >= 15 is 0 Å². The minimum Gasteiger partial charge on any atom is -0.465 e. The molecular formula is C23H41N3O7. The van der Waals surface area contributed by atoms with Gasteiger partial charge < -0.3 is 40.4 Å². The number of primary amides is 1. The van der Waals surface area contributed by atoms with Crippen LogP contribution in [0, 0.1) is 5.92 Å². The average molecular weight is 472 g/mol. The maximum atomic E-state index is 11.5. The molecule has 10 heteroatoms. The normalized spacial score (nSPS) is 20.4. The minimum absolute atomic E-state index is 0.0898. The number of carboxylic acid groups (broad SMARTS) is 1. The number of hydrogen-bond acceptors (Lipinski definition) is 7. The van der Waals surface area contributed by atoms with Crippen LogP contribution in [0.15, 0.2) is 23.8 Å². The third-order valence-corrected chi connectivity index (χ3v) is 5.26. The van der Waals surface area contributed by atoms with E-state index < -0.39 is 12.2 Å². The van der Waals surface area contributed by atoms with Gasteiger partial charge in [-0.1, -0.05) is 23.8 Å². The second kappa shape index (κ2) is 18.3. The Balaban J connectivity index is 0.000000502. The fourth-order valence-electron chi connectivity index (χ4n) is 3.29. The van der Waals surface area contributed by atoms with E-state index in [1.807, 2.05) is 13.0 Å². The summed E-state index contributed by atoms with van der Waals surface area (Å²) in [5, 5.41) is 9.44. The molecule has 0 aromatic heterocycles. The lowest BCUT2D eigenvalue weighted by molar-refractivity contribution is 0.00975. The molecule has 0 aliphatic heterocycles. The largest absolute Gasteiger partial charge is 0.465 e. The Morgan fingerprint density at radius 1 is 1.03 bits per heavy atom. The molecule has 0 aromatic rings. The van der Waals surface area contributed by atoms with E-state index in [4.69, 9.17) is 25.7 Å². The summed E-state index contributed by atoms with van der Waals surface area (Å²) in [6.07, 6.45) is 9.63. The Morgan fingerprint density at radius 3 is 2.21 bits per heavy atom. The number of rotatable bonds is 14. The van der Waals surface area contributed by atoms with Crippen LogP contribution >= 0.6 is 0 Å². The maximum absolute atomic E-state index is 11.5. The number of ether oxygens (including phenoxy) is 4. The second-order valence-electron chi connectivity index (χ2n) is 7.88. The van der Waals surface area contributed by atoms with Gasteiger partial charge in [0.1, 0.15) is 6.61 Å². The lowest BCUT2D eigenvalue weighted by Crippen LogP contribution is -2.41. The summed E-state index contributed by atoms with van der Waals surface area (Å²) in [4.78, 5) is 23.0. The summed E-state index contributed by atoms with van der Waals surface area (Å²) in [5.41, 5.74) is 11.3. The minimum atomic E-state index is -0.860. The molecule has 2 rings (SSSR count). The molecule has 0 saturated heterocycles. The molecule has 2 aliphatic rings. The van der Waals surface area contributed by atoms with Gasteiger partial charge in [-0.2, -0.15) is 0 Å². The molecule has 190 valence electrons. The molecule has 2 unspecified atom stereocenters. The number of carbonyl (C=O) groups excluding carboxylic acids is 1. The van der Waals surface area contributed by atoms with E-state index in [-0.39, 0.29) is 6.04 Å². The molecule has 0 heterocycles. The predicted molar refractivity (Wildman–Crippen MR) is 125 cm³/mol. The highest BCUT2D eigenvalue weighted by Crippen LogP contribution is 2.27. The van der Waals surface area contributed by atoms with E-state index in [2.05, 4.69) is 16.9 Å². The van der Waals surface area contributed by atoms with Gasteiger partial charge in [0.15, 0.2) is 0 Å². The van der Waals surface area contributed by atoms with Gasteiger partial charge in [0.25, 0.3) is 0 Å². The Labute approximate surface area is 196 Å². The fourth-order valence-corrected chi connectivity index (χ4v) is 3.29. The van der Waals surface area contributed by atoms with Gasteiger partial charge in [0, 0.05) is 25.0 Å². The molecule has 0 radical (unpaired) electrons. The van der Waals surface area contributed by atoms with Crippen molar-refractivity contribution in [3.05, 3.63) is 23.8 Å². The first kappa shape index (κ1) is 28.9. The van der Waals surface area contributed by atoms with Gasteiger partial charge in [-0.3, -0.25) is 0 Å². The van der Waals surface area contributed by atoms with Crippen molar-refractivity contribution in [1.29, 1.82) is 0 Å². The lowest BCUT2D eigenvalue weighted by atomic mass is 10.00. The molecule has 0 fully saturated rings. The molecule has 33 heavy (non-hydrogen) atoms. The third-order valence-electron chi connectivity index (χ3n) is 5.26. The van der Waals surface area contributed by atoms with Gasteiger partial charge in [-0.25, -0.2) is 9.59 Å². The van der Waals surface area contributed by atoms with Crippen LogP contribution in [0.4, 0.5) is 9.59 Å². The monoisotopic (exact) mass is 471 g/mol. The maximum Gasteiger partial charge on any atom is 0.407 e. The Kier molecular flexibility index (Phi) is 16.0. The van der Waals surface area contributed by atoms with Gasteiger partial charge in [-0.15, -0.1) is 0 Å². The summed E-state index contributed by atoms with van der Waals surface area (Å²) in [6, 6.07) is 0.0898. The highest BCUT2D eigenvalue weighted by molar-refractivity contribution is 5.65. The highest BCUT2D eigenvalue weighted by atomic mass is 16.5.